The van der Waals surface area contributed by atoms with Crippen LogP contribution >= 0.6 is 0 Å². The number of unbranched alkanes of at least 4 members (excludes halogenated alkanes) is 1. The van der Waals surface area contributed by atoms with Gasteiger partial charge >= 0.3 is 5.97 Å². The van der Waals surface area contributed by atoms with Crippen LogP contribution in [0.25, 0.3) is 0 Å². The van der Waals surface area contributed by atoms with E-state index in [1.807, 2.05) is 6.07 Å². The predicted octanol–water partition coefficient (Wildman–Crippen LogP) is 0.366. The summed E-state index contributed by atoms with van der Waals surface area (Å²) >= 11 is 0. The number of carboxylic acid groups (broad SMARTS) is 1. The fourth-order valence-corrected chi connectivity index (χ4v) is 1.60. The van der Waals surface area contributed by atoms with Gasteiger partial charge in [-0.05, 0) is 12.8 Å². The van der Waals surface area contributed by atoms with Crippen molar-refractivity contribution in [3.05, 3.63) is 0 Å². The maximum Gasteiger partial charge on any atom is 0.326 e. The lowest BCUT2D eigenvalue weighted by Gasteiger charge is -2.20. The Balaban J connectivity index is 2.50. The molecule has 1 atom stereocenters. The molecule has 0 spiro atoms. The van der Waals surface area contributed by atoms with Crippen molar-refractivity contribution < 1.29 is 14.7 Å². The van der Waals surface area contributed by atoms with Crippen molar-refractivity contribution in [2.45, 2.75) is 31.7 Å². The molecule has 0 aromatic rings. The van der Waals surface area contributed by atoms with Crippen LogP contribution in [0.4, 0.5) is 0 Å². The Morgan fingerprint density at radius 2 is 2.43 bits per heavy atom. The highest BCUT2D eigenvalue weighted by Crippen LogP contribution is 2.19. The third-order valence-corrected chi connectivity index (χ3v) is 2.30. The number of carboxylic acids is 1. The smallest absolute Gasteiger partial charge is 0.326 e. The van der Waals surface area contributed by atoms with Gasteiger partial charge in [-0.3, -0.25) is 4.79 Å². The Morgan fingerprint density at radius 3 is 3.00 bits per heavy atom. The first kappa shape index (κ1) is 10.5. The van der Waals surface area contributed by atoms with Gasteiger partial charge in [0.05, 0.1) is 6.07 Å². The van der Waals surface area contributed by atoms with Crippen LogP contribution in [0.2, 0.25) is 0 Å². The molecule has 1 N–H and O–H groups in total. The standard InChI is InChI=1S/C9H12N2O3/c10-5-1-2-6-11-7(9(13)14)3-4-8(11)12/h7H,1-4,6H2,(H,13,14). The van der Waals surface area contributed by atoms with Gasteiger partial charge in [-0.15, -0.1) is 0 Å². The molecule has 0 aromatic heterocycles. The molecule has 0 bridgehead atoms. The molecule has 0 radical (unpaired) electrons. The first-order valence-corrected chi connectivity index (χ1v) is 4.56. The Kier molecular flexibility index (Phi) is 3.46. The highest BCUT2D eigenvalue weighted by atomic mass is 16.4. The van der Waals surface area contributed by atoms with Gasteiger partial charge < -0.3 is 10.0 Å². The van der Waals surface area contributed by atoms with Gasteiger partial charge in [0.1, 0.15) is 6.04 Å². The number of amides is 1. The van der Waals surface area contributed by atoms with Gasteiger partial charge in [0.15, 0.2) is 0 Å². The van der Waals surface area contributed by atoms with Crippen LogP contribution in [-0.2, 0) is 9.59 Å². The summed E-state index contributed by atoms with van der Waals surface area (Å²) in [7, 11) is 0. The van der Waals surface area contributed by atoms with Crippen molar-refractivity contribution >= 4 is 11.9 Å². The maximum absolute atomic E-state index is 11.3. The summed E-state index contributed by atoms with van der Waals surface area (Å²) in [6, 6.07) is 1.29. The second-order valence-electron chi connectivity index (χ2n) is 3.24. The molecule has 1 aliphatic rings. The summed E-state index contributed by atoms with van der Waals surface area (Å²) in [6.45, 7) is 0.378. The van der Waals surface area contributed by atoms with Crippen LogP contribution < -0.4 is 0 Å². The summed E-state index contributed by atoms with van der Waals surface area (Å²) < 4.78 is 0. The Morgan fingerprint density at radius 1 is 1.71 bits per heavy atom. The van der Waals surface area contributed by atoms with Crippen LogP contribution in [0, 0.1) is 11.3 Å². The van der Waals surface area contributed by atoms with Gasteiger partial charge in [-0.1, -0.05) is 0 Å². The van der Waals surface area contributed by atoms with Gasteiger partial charge in [-0.2, -0.15) is 5.26 Å². The van der Waals surface area contributed by atoms with Gasteiger partial charge in [0, 0.05) is 19.4 Å². The van der Waals surface area contributed by atoms with E-state index in [-0.39, 0.29) is 5.91 Å². The van der Waals surface area contributed by atoms with Gasteiger partial charge in [-0.25, -0.2) is 4.79 Å². The number of nitriles is 1. The summed E-state index contributed by atoms with van der Waals surface area (Å²) in [6.07, 6.45) is 1.60. The van der Waals surface area contributed by atoms with E-state index in [0.717, 1.165) is 0 Å². The average molecular weight is 196 g/mol. The highest BCUT2D eigenvalue weighted by molar-refractivity contribution is 5.87. The molecule has 1 unspecified atom stereocenters. The van der Waals surface area contributed by atoms with Crippen molar-refractivity contribution in [2.24, 2.45) is 0 Å². The Labute approximate surface area is 81.9 Å². The molecule has 1 amide bonds. The zero-order valence-electron chi connectivity index (χ0n) is 7.77. The number of nitrogens with zero attached hydrogens (tertiary/aromatic N) is 2. The predicted molar refractivity (Wildman–Crippen MR) is 47.2 cm³/mol. The molecule has 0 aromatic carbocycles. The number of likely N-dealkylation sites (tertiary alicyclic amines) is 1. The van der Waals surface area contributed by atoms with Crippen molar-refractivity contribution in [3.63, 3.8) is 0 Å². The molecule has 1 rings (SSSR count). The zero-order chi connectivity index (χ0) is 10.6. The molecule has 0 aliphatic carbocycles. The quantitative estimate of drug-likeness (QED) is 0.658. The molecule has 14 heavy (non-hydrogen) atoms. The maximum atomic E-state index is 11.3. The number of aliphatic carboxylic acids is 1. The highest BCUT2D eigenvalue weighted by Gasteiger charge is 2.35. The number of carbonyl (C=O) groups is 2. The molecule has 1 fully saturated rings. The van der Waals surface area contributed by atoms with Crippen molar-refractivity contribution in [1.29, 1.82) is 5.26 Å². The number of rotatable bonds is 4. The van der Waals surface area contributed by atoms with Crippen LogP contribution in [0.15, 0.2) is 0 Å². The lowest BCUT2D eigenvalue weighted by molar-refractivity contribution is -0.146. The normalized spacial score (nSPS) is 20.9. The van der Waals surface area contributed by atoms with E-state index in [1.54, 1.807) is 0 Å². The van der Waals surface area contributed by atoms with Crippen LogP contribution in [0.1, 0.15) is 25.7 Å². The molecule has 5 heteroatoms. The fourth-order valence-electron chi connectivity index (χ4n) is 1.60. The third-order valence-electron chi connectivity index (χ3n) is 2.30. The second kappa shape index (κ2) is 4.61. The third kappa shape index (κ3) is 2.22. The molecule has 1 aliphatic heterocycles. The number of carbonyl (C=O) groups excluding carboxylic acids is 1. The lowest BCUT2D eigenvalue weighted by Crippen LogP contribution is -2.39. The number of hydrogen-bond donors (Lipinski definition) is 1. The minimum absolute atomic E-state index is 0.115. The van der Waals surface area contributed by atoms with E-state index < -0.39 is 12.0 Å². The Bertz CT molecular complexity index is 282. The Hall–Kier alpha value is -1.57. The van der Waals surface area contributed by atoms with E-state index in [1.165, 1.54) is 4.90 Å². The summed E-state index contributed by atoms with van der Waals surface area (Å²) in [4.78, 5) is 23.4. The van der Waals surface area contributed by atoms with Gasteiger partial charge in [0.25, 0.3) is 0 Å². The fraction of sp³-hybridized carbons (Fsp3) is 0.667. The van der Waals surface area contributed by atoms with Crippen LogP contribution in [0.5, 0.6) is 0 Å². The van der Waals surface area contributed by atoms with Crippen molar-refractivity contribution in [3.8, 4) is 6.07 Å². The summed E-state index contributed by atoms with van der Waals surface area (Å²) in [5, 5.41) is 17.1. The minimum Gasteiger partial charge on any atom is -0.480 e. The minimum atomic E-state index is -0.951. The molecule has 76 valence electrons. The van der Waals surface area contributed by atoms with Crippen LogP contribution in [-0.4, -0.2) is 34.5 Å². The number of hydrogen-bond acceptors (Lipinski definition) is 3. The summed E-state index contributed by atoms with van der Waals surface area (Å²) in [5.74, 6) is -1.07. The zero-order valence-corrected chi connectivity index (χ0v) is 7.77. The molecule has 1 saturated heterocycles. The van der Waals surface area contributed by atoms with E-state index in [4.69, 9.17) is 10.4 Å². The molecular formula is C9H12N2O3. The molecular weight excluding hydrogens is 184 g/mol. The second-order valence-corrected chi connectivity index (χ2v) is 3.24. The topological polar surface area (TPSA) is 81.4 Å². The van der Waals surface area contributed by atoms with Crippen molar-refractivity contribution in [2.75, 3.05) is 6.54 Å². The van der Waals surface area contributed by atoms with E-state index in [9.17, 15) is 9.59 Å². The molecule has 1 heterocycles. The SMILES string of the molecule is N#CCCCN1C(=O)CCC1C(=O)O. The van der Waals surface area contributed by atoms with E-state index in [0.29, 0.717) is 32.2 Å². The summed E-state index contributed by atoms with van der Waals surface area (Å²) in [5.41, 5.74) is 0. The van der Waals surface area contributed by atoms with Crippen molar-refractivity contribution in [1.82, 2.24) is 4.90 Å². The first-order valence-electron chi connectivity index (χ1n) is 4.56. The van der Waals surface area contributed by atoms with E-state index >= 15 is 0 Å². The first-order chi connectivity index (χ1) is 6.66. The largest absolute Gasteiger partial charge is 0.480 e. The monoisotopic (exact) mass is 196 g/mol. The van der Waals surface area contributed by atoms with E-state index in [2.05, 4.69) is 0 Å². The lowest BCUT2D eigenvalue weighted by atomic mass is 10.2. The molecule has 5 nitrogen and oxygen atoms in total. The average Bonchev–Trinajstić information content (AvgIpc) is 2.48. The van der Waals surface area contributed by atoms with Gasteiger partial charge in [0.2, 0.25) is 5.91 Å². The molecule has 0 saturated carbocycles. The van der Waals surface area contributed by atoms with Crippen LogP contribution in [0.3, 0.4) is 0 Å².